The average Bonchev–Trinajstić information content (AvgIpc) is 2.11. The SMILES string of the molecule is Cc1cc(OC(C)C(=O)O)ccc1Br. The molecule has 1 aromatic carbocycles. The predicted octanol–water partition coefficient (Wildman–Crippen LogP) is 2.61. The molecule has 0 amide bonds. The van der Waals surface area contributed by atoms with Gasteiger partial charge in [-0.05, 0) is 37.6 Å². The number of halogens is 1. The summed E-state index contributed by atoms with van der Waals surface area (Å²) in [5.74, 6) is -0.397. The maximum atomic E-state index is 10.5. The minimum absolute atomic E-state index is 0.570. The lowest BCUT2D eigenvalue weighted by Gasteiger charge is -2.11. The zero-order valence-electron chi connectivity index (χ0n) is 7.95. The molecule has 1 rings (SSSR count). The van der Waals surface area contributed by atoms with Gasteiger partial charge in [0.2, 0.25) is 0 Å². The van der Waals surface area contributed by atoms with E-state index in [1.54, 1.807) is 12.1 Å². The molecule has 0 saturated heterocycles. The Morgan fingerprint density at radius 3 is 2.71 bits per heavy atom. The van der Waals surface area contributed by atoms with Gasteiger partial charge in [-0.3, -0.25) is 0 Å². The molecule has 14 heavy (non-hydrogen) atoms. The quantitative estimate of drug-likeness (QED) is 0.907. The molecule has 0 aromatic heterocycles. The van der Waals surface area contributed by atoms with Crippen LogP contribution in [0, 0.1) is 6.92 Å². The molecule has 0 aliphatic rings. The lowest BCUT2D eigenvalue weighted by atomic mass is 10.2. The molecule has 1 N–H and O–H groups in total. The highest BCUT2D eigenvalue weighted by molar-refractivity contribution is 9.10. The van der Waals surface area contributed by atoms with E-state index in [0.29, 0.717) is 5.75 Å². The van der Waals surface area contributed by atoms with Gasteiger partial charge in [0.1, 0.15) is 5.75 Å². The lowest BCUT2D eigenvalue weighted by Crippen LogP contribution is -2.22. The maximum absolute atomic E-state index is 10.5. The third kappa shape index (κ3) is 2.73. The Morgan fingerprint density at radius 1 is 1.57 bits per heavy atom. The van der Waals surface area contributed by atoms with E-state index in [2.05, 4.69) is 15.9 Å². The predicted molar refractivity (Wildman–Crippen MR) is 56.6 cm³/mol. The van der Waals surface area contributed by atoms with Crippen molar-refractivity contribution >= 4 is 21.9 Å². The summed E-state index contributed by atoms with van der Waals surface area (Å²) in [6, 6.07) is 5.36. The van der Waals surface area contributed by atoms with Crippen molar-refractivity contribution in [3.8, 4) is 5.75 Å². The summed E-state index contributed by atoms with van der Waals surface area (Å²) >= 11 is 3.35. The number of carbonyl (C=O) groups is 1. The third-order valence-corrected chi connectivity index (χ3v) is 2.68. The summed E-state index contributed by atoms with van der Waals surface area (Å²) in [7, 11) is 0. The van der Waals surface area contributed by atoms with E-state index in [1.165, 1.54) is 6.92 Å². The van der Waals surface area contributed by atoms with E-state index in [4.69, 9.17) is 9.84 Å². The van der Waals surface area contributed by atoms with Gasteiger partial charge in [0, 0.05) is 4.47 Å². The maximum Gasteiger partial charge on any atom is 0.344 e. The van der Waals surface area contributed by atoms with Crippen LogP contribution in [-0.2, 0) is 4.79 Å². The van der Waals surface area contributed by atoms with Crippen LogP contribution in [0.2, 0.25) is 0 Å². The molecule has 0 aliphatic carbocycles. The molecule has 0 radical (unpaired) electrons. The number of ether oxygens (including phenoxy) is 1. The number of aliphatic carboxylic acids is 1. The Morgan fingerprint density at radius 2 is 2.21 bits per heavy atom. The van der Waals surface area contributed by atoms with Crippen LogP contribution < -0.4 is 4.74 Å². The second-order valence-electron chi connectivity index (χ2n) is 3.01. The fourth-order valence-corrected chi connectivity index (χ4v) is 1.19. The zero-order valence-corrected chi connectivity index (χ0v) is 9.54. The number of rotatable bonds is 3. The number of benzene rings is 1. The van der Waals surface area contributed by atoms with Crippen LogP contribution in [0.1, 0.15) is 12.5 Å². The van der Waals surface area contributed by atoms with Crippen LogP contribution in [0.25, 0.3) is 0 Å². The third-order valence-electron chi connectivity index (χ3n) is 1.79. The zero-order chi connectivity index (χ0) is 10.7. The Hall–Kier alpha value is -1.03. The van der Waals surface area contributed by atoms with Crippen molar-refractivity contribution in [2.24, 2.45) is 0 Å². The first-order chi connectivity index (χ1) is 6.50. The van der Waals surface area contributed by atoms with Gasteiger partial charge in [-0.2, -0.15) is 0 Å². The molecule has 4 heteroatoms. The number of carboxylic acids is 1. The Kier molecular flexibility index (Phi) is 3.52. The van der Waals surface area contributed by atoms with Gasteiger partial charge in [-0.1, -0.05) is 15.9 Å². The van der Waals surface area contributed by atoms with E-state index in [9.17, 15) is 4.79 Å². The summed E-state index contributed by atoms with van der Waals surface area (Å²) in [6.45, 7) is 3.42. The van der Waals surface area contributed by atoms with Crippen molar-refractivity contribution in [2.75, 3.05) is 0 Å². The normalized spacial score (nSPS) is 12.2. The van der Waals surface area contributed by atoms with Crippen LogP contribution >= 0.6 is 15.9 Å². The molecule has 1 unspecified atom stereocenters. The topological polar surface area (TPSA) is 46.5 Å². The second-order valence-corrected chi connectivity index (χ2v) is 3.86. The standard InChI is InChI=1S/C10H11BrO3/c1-6-5-8(3-4-9(6)11)14-7(2)10(12)13/h3-5,7H,1-2H3,(H,12,13). The van der Waals surface area contributed by atoms with Crippen molar-refractivity contribution in [1.82, 2.24) is 0 Å². The lowest BCUT2D eigenvalue weighted by molar-refractivity contribution is -0.144. The summed E-state index contributed by atoms with van der Waals surface area (Å²) in [4.78, 5) is 10.5. The van der Waals surface area contributed by atoms with E-state index in [1.807, 2.05) is 13.0 Å². The molecule has 0 spiro atoms. The Bertz CT molecular complexity index is 349. The highest BCUT2D eigenvalue weighted by atomic mass is 79.9. The molecule has 0 aliphatic heterocycles. The van der Waals surface area contributed by atoms with Gasteiger partial charge in [0.15, 0.2) is 6.10 Å². The highest BCUT2D eigenvalue weighted by Gasteiger charge is 2.12. The minimum Gasteiger partial charge on any atom is -0.479 e. The van der Waals surface area contributed by atoms with Crippen molar-refractivity contribution in [3.05, 3.63) is 28.2 Å². The van der Waals surface area contributed by atoms with Crippen molar-refractivity contribution < 1.29 is 14.6 Å². The molecule has 0 fully saturated rings. The van der Waals surface area contributed by atoms with E-state index in [0.717, 1.165) is 10.0 Å². The van der Waals surface area contributed by atoms with E-state index >= 15 is 0 Å². The number of carboxylic acid groups (broad SMARTS) is 1. The summed E-state index contributed by atoms with van der Waals surface area (Å²) in [6.07, 6.45) is -0.824. The van der Waals surface area contributed by atoms with Crippen LogP contribution in [-0.4, -0.2) is 17.2 Å². The molecule has 0 saturated carbocycles. The molecule has 3 nitrogen and oxygen atoms in total. The molecule has 1 atom stereocenters. The molecular weight excluding hydrogens is 248 g/mol. The number of aryl methyl sites for hydroxylation is 1. The second kappa shape index (κ2) is 4.46. The minimum atomic E-state index is -0.967. The number of hydrogen-bond donors (Lipinski definition) is 1. The first kappa shape index (κ1) is 11.0. The smallest absolute Gasteiger partial charge is 0.344 e. The van der Waals surface area contributed by atoms with Crippen molar-refractivity contribution in [2.45, 2.75) is 20.0 Å². The molecule has 1 aromatic rings. The van der Waals surface area contributed by atoms with Gasteiger partial charge in [0.25, 0.3) is 0 Å². The van der Waals surface area contributed by atoms with E-state index in [-0.39, 0.29) is 0 Å². The largest absolute Gasteiger partial charge is 0.479 e. The van der Waals surface area contributed by atoms with Crippen LogP contribution in [0.3, 0.4) is 0 Å². The Labute approximate surface area is 90.8 Å². The molecule has 0 bridgehead atoms. The first-order valence-corrected chi connectivity index (χ1v) is 4.95. The molecular formula is C10H11BrO3. The summed E-state index contributed by atoms with van der Waals surface area (Å²) < 4.78 is 6.17. The summed E-state index contributed by atoms with van der Waals surface area (Å²) in [5, 5.41) is 8.63. The van der Waals surface area contributed by atoms with Gasteiger partial charge in [-0.15, -0.1) is 0 Å². The van der Waals surface area contributed by atoms with Crippen molar-refractivity contribution in [1.29, 1.82) is 0 Å². The monoisotopic (exact) mass is 258 g/mol. The van der Waals surface area contributed by atoms with Crippen molar-refractivity contribution in [3.63, 3.8) is 0 Å². The fourth-order valence-electron chi connectivity index (χ4n) is 0.945. The fraction of sp³-hybridized carbons (Fsp3) is 0.300. The number of hydrogen-bond acceptors (Lipinski definition) is 2. The molecule has 76 valence electrons. The van der Waals surface area contributed by atoms with Gasteiger partial charge in [-0.25, -0.2) is 4.79 Å². The Balaban J connectivity index is 2.78. The van der Waals surface area contributed by atoms with Crippen LogP contribution in [0.15, 0.2) is 22.7 Å². The van der Waals surface area contributed by atoms with Gasteiger partial charge >= 0.3 is 5.97 Å². The van der Waals surface area contributed by atoms with Crippen LogP contribution in [0.4, 0.5) is 0 Å². The highest BCUT2D eigenvalue weighted by Crippen LogP contribution is 2.22. The first-order valence-electron chi connectivity index (χ1n) is 4.16. The summed E-state index contributed by atoms with van der Waals surface area (Å²) in [5.41, 5.74) is 1.01. The van der Waals surface area contributed by atoms with Gasteiger partial charge < -0.3 is 9.84 Å². The van der Waals surface area contributed by atoms with Gasteiger partial charge in [0.05, 0.1) is 0 Å². The van der Waals surface area contributed by atoms with Crippen LogP contribution in [0.5, 0.6) is 5.75 Å². The van der Waals surface area contributed by atoms with E-state index < -0.39 is 12.1 Å². The average molecular weight is 259 g/mol. The molecule has 0 heterocycles.